The van der Waals surface area contributed by atoms with Crippen molar-refractivity contribution in [3.05, 3.63) is 58.9 Å². The van der Waals surface area contributed by atoms with E-state index in [2.05, 4.69) is 15.3 Å². The van der Waals surface area contributed by atoms with E-state index in [-0.39, 0.29) is 23.2 Å². The second kappa shape index (κ2) is 10.5. The molecule has 0 bridgehead atoms. The molecule has 1 heterocycles. The molecule has 0 fully saturated rings. The predicted octanol–water partition coefficient (Wildman–Crippen LogP) is 3.68. The van der Waals surface area contributed by atoms with E-state index in [1.54, 1.807) is 20.3 Å². The molecular weight excluding hydrogens is 466 g/mol. The van der Waals surface area contributed by atoms with Gasteiger partial charge in [-0.2, -0.15) is 0 Å². The van der Waals surface area contributed by atoms with Crippen LogP contribution in [0.3, 0.4) is 0 Å². The van der Waals surface area contributed by atoms with Crippen LogP contribution in [0, 0.1) is 0 Å². The van der Waals surface area contributed by atoms with Crippen LogP contribution >= 0.6 is 0 Å². The van der Waals surface area contributed by atoms with E-state index in [0.717, 1.165) is 5.56 Å². The molecule has 4 rings (SSSR count). The quantitative estimate of drug-likeness (QED) is 0.501. The minimum atomic E-state index is -0.468. The Labute approximate surface area is 208 Å². The van der Waals surface area contributed by atoms with Gasteiger partial charge in [0.2, 0.25) is 11.7 Å². The van der Waals surface area contributed by atoms with Crippen molar-refractivity contribution in [1.82, 2.24) is 9.97 Å². The molecule has 1 N–H and O–H groups in total. The summed E-state index contributed by atoms with van der Waals surface area (Å²) in [6, 6.07) is 8.59. The maximum absolute atomic E-state index is 13.0. The third-order valence-electron chi connectivity index (χ3n) is 6.07. The fourth-order valence-electron chi connectivity index (χ4n) is 4.27. The number of carbonyl (C=O) groups is 2. The number of amides is 1. The highest BCUT2D eigenvalue weighted by molar-refractivity contribution is 6.04. The largest absolute Gasteiger partial charge is 0.497 e. The number of rotatable bonds is 8. The Kier molecular flexibility index (Phi) is 7.23. The summed E-state index contributed by atoms with van der Waals surface area (Å²) in [5.41, 5.74) is 2.16. The molecule has 1 aromatic heterocycles. The van der Waals surface area contributed by atoms with Crippen LogP contribution in [-0.4, -0.2) is 57.2 Å². The lowest BCUT2D eigenvalue weighted by atomic mass is 9.82. The lowest BCUT2D eigenvalue weighted by Crippen LogP contribution is -2.23. The summed E-state index contributed by atoms with van der Waals surface area (Å²) >= 11 is 0. The molecule has 10 nitrogen and oxygen atoms in total. The average Bonchev–Trinajstić information content (AvgIpc) is 2.91. The second-order valence-corrected chi connectivity index (χ2v) is 8.06. The smallest absolute Gasteiger partial charge is 0.258 e. The van der Waals surface area contributed by atoms with Crippen molar-refractivity contribution in [3.8, 4) is 28.7 Å². The molecular formula is C26H27N3O7. The number of aromatic nitrogens is 2. The van der Waals surface area contributed by atoms with Crippen molar-refractivity contribution < 1.29 is 33.3 Å². The summed E-state index contributed by atoms with van der Waals surface area (Å²) < 4.78 is 26.8. The lowest BCUT2D eigenvalue weighted by molar-refractivity contribution is 0.0962. The van der Waals surface area contributed by atoms with E-state index in [1.165, 1.54) is 39.7 Å². The lowest BCUT2D eigenvalue weighted by Gasteiger charge is -2.25. The number of anilines is 1. The first-order valence-corrected chi connectivity index (χ1v) is 11.1. The maximum atomic E-state index is 13.0. The number of nitrogens with one attached hydrogen (secondary N) is 1. The van der Waals surface area contributed by atoms with Crippen LogP contribution in [0.2, 0.25) is 0 Å². The summed E-state index contributed by atoms with van der Waals surface area (Å²) in [5.74, 6) is 1.77. The Morgan fingerprint density at radius 3 is 2.19 bits per heavy atom. The third kappa shape index (κ3) is 4.74. The van der Waals surface area contributed by atoms with Gasteiger partial charge >= 0.3 is 0 Å². The molecule has 2 aromatic carbocycles. The minimum absolute atomic E-state index is 0.0679. The van der Waals surface area contributed by atoms with Gasteiger partial charge in [-0.3, -0.25) is 14.9 Å². The molecule has 188 valence electrons. The second-order valence-electron chi connectivity index (χ2n) is 8.06. The average molecular weight is 494 g/mol. The predicted molar refractivity (Wildman–Crippen MR) is 131 cm³/mol. The zero-order valence-electron chi connectivity index (χ0n) is 20.7. The summed E-state index contributed by atoms with van der Waals surface area (Å²) in [6.07, 6.45) is 2.24. The summed E-state index contributed by atoms with van der Waals surface area (Å²) in [4.78, 5) is 34.5. The van der Waals surface area contributed by atoms with E-state index in [1.807, 2.05) is 12.1 Å². The van der Waals surface area contributed by atoms with Crippen LogP contribution < -0.4 is 29.0 Å². The molecule has 10 heteroatoms. The van der Waals surface area contributed by atoms with Crippen LogP contribution in [0.5, 0.6) is 28.7 Å². The Morgan fingerprint density at radius 2 is 1.58 bits per heavy atom. The number of benzene rings is 2. The molecule has 0 radical (unpaired) electrons. The van der Waals surface area contributed by atoms with Gasteiger partial charge in [-0.05, 0) is 30.2 Å². The van der Waals surface area contributed by atoms with Crippen LogP contribution in [-0.2, 0) is 6.42 Å². The normalized spacial score (nSPS) is 14.5. The van der Waals surface area contributed by atoms with Crippen molar-refractivity contribution in [2.75, 3.05) is 40.9 Å². The highest BCUT2D eigenvalue weighted by Gasteiger charge is 2.30. The summed E-state index contributed by atoms with van der Waals surface area (Å²) in [5, 5.41) is 2.69. The van der Waals surface area contributed by atoms with Gasteiger partial charge in [-0.15, -0.1) is 0 Å². The van der Waals surface area contributed by atoms with Gasteiger partial charge in [-0.1, -0.05) is 6.07 Å². The molecule has 1 aliphatic rings. The first-order chi connectivity index (χ1) is 17.4. The Hall–Kier alpha value is -4.34. The number of ether oxygens (including phenoxy) is 5. The first-order valence-electron chi connectivity index (χ1n) is 11.1. The number of Topliss-reactive ketones (excluding diaryl/α,β-unsaturated/α-hetero) is 1. The van der Waals surface area contributed by atoms with E-state index >= 15 is 0 Å². The van der Waals surface area contributed by atoms with Crippen LogP contribution in [0.15, 0.2) is 36.5 Å². The van der Waals surface area contributed by atoms with E-state index in [0.29, 0.717) is 52.8 Å². The van der Waals surface area contributed by atoms with Gasteiger partial charge in [-0.25, -0.2) is 9.97 Å². The molecule has 0 unspecified atom stereocenters. The fourth-order valence-corrected chi connectivity index (χ4v) is 4.27. The Morgan fingerprint density at radius 1 is 0.889 bits per heavy atom. The minimum Gasteiger partial charge on any atom is -0.497 e. The van der Waals surface area contributed by atoms with Gasteiger partial charge in [0.25, 0.3) is 5.91 Å². The highest BCUT2D eigenvalue weighted by atomic mass is 16.5. The van der Waals surface area contributed by atoms with Gasteiger partial charge < -0.3 is 23.7 Å². The molecule has 0 saturated heterocycles. The van der Waals surface area contributed by atoms with Gasteiger partial charge in [0.05, 0.1) is 46.8 Å². The molecule has 0 aliphatic heterocycles. The molecule has 0 saturated carbocycles. The van der Waals surface area contributed by atoms with Gasteiger partial charge in [0, 0.05) is 30.2 Å². The number of hydrogen-bond donors (Lipinski definition) is 1. The van der Waals surface area contributed by atoms with Gasteiger partial charge in [0.1, 0.15) is 11.5 Å². The zero-order chi connectivity index (χ0) is 25.8. The number of hydrogen-bond acceptors (Lipinski definition) is 9. The van der Waals surface area contributed by atoms with Crippen LogP contribution in [0.1, 0.15) is 44.3 Å². The summed E-state index contributed by atoms with van der Waals surface area (Å²) in [7, 11) is 7.58. The summed E-state index contributed by atoms with van der Waals surface area (Å²) in [6.45, 7) is 0. The van der Waals surface area contributed by atoms with Crippen molar-refractivity contribution in [2.24, 2.45) is 0 Å². The molecule has 1 atom stereocenters. The number of fused-ring (bicyclic) bond motifs is 1. The van der Waals surface area contributed by atoms with E-state index < -0.39 is 5.91 Å². The zero-order valence-corrected chi connectivity index (χ0v) is 20.7. The standard InChI is InChI=1S/C26H27N3O7/c1-32-16-6-7-17(21(12-16)33-2)14-8-19-18(20(30)9-14)13-27-26(28-19)29-25(31)15-10-22(34-3)24(36-5)23(11-15)35-4/h6-7,10-14H,8-9H2,1-5H3,(H,27,28,29,31)/t14-/m0/s1. The van der Waals surface area contributed by atoms with Crippen molar-refractivity contribution in [2.45, 2.75) is 18.8 Å². The molecule has 0 spiro atoms. The topological polar surface area (TPSA) is 118 Å². The molecule has 3 aromatic rings. The van der Waals surface area contributed by atoms with E-state index in [4.69, 9.17) is 23.7 Å². The number of ketones is 1. The van der Waals surface area contributed by atoms with Crippen LogP contribution in [0.4, 0.5) is 5.95 Å². The highest BCUT2D eigenvalue weighted by Crippen LogP contribution is 2.39. The van der Waals surface area contributed by atoms with Crippen molar-refractivity contribution >= 4 is 17.6 Å². The Bertz CT molecular complexity index is 1280. The van der Waals surface area contributed by atoms with Crippen molar-refractivity contribution in [3.63, 3.8) is 0 Å². The molecule has 1 aliphatic carbocycles. The van der Waals surface area contributed by atoms with Crippen LogP contribution in [0.25, 0.3) is 0 Å². The number of carbonyl (C=O) groups excluding carboxylic acids is 2. The van der Waals surface area contributed by atoms with Gasteiger partial charge in [0.15, 0.2) is 17.3 Å². The number of nitrogens with zero attached hydrogens (tertiary/aromatic N) is 2. The first kappa shape index (κ1) is 24.8. The SMILES string of the molecule is COc1ccc([C@@H]2CC(=O)c3cnc(NC(=O)c4cc(OC)c(OC)c(OC)c4)nc3C2)c(OC)c1. The fraction of sp³-hybridized carbons (Fsp3) is 0.308. The van der Waals surface area contributed by atoms with Crippen molar-refractivity contribution in [1.29, 1.82) is 0 Å². The monoisotopic (exact) mass is 493 g/mol. The maximum Gasteiger partial charge on any atom is 0.258 e. The number of methoxy groups -OCH3 is 5. The Balaban J connectivity index is 1.60. The molecule has 1 amide bonds. The molecule has 36 heavy (non-hydrogen) atoms. The van der Waals surface area contributed by atoms with E-state index in [9.17, 15) is 9.59 Å². The third-order valence-corrected chi connectivity index (χ3v) is 6.07.